The van der Waals surface area contributed by atoms with Crippen LogP contribution in [0.2, 0.25) is 0 Å². The Morgan fingerprint density at radius 3 is 2.33 bits per heavy atom. The fourth-order valence-electron chi connectivity index (χ4n) is 2.45. The Labute approximate surface area is 110 Å². The van der Waals surface area contributed by atoms with Crippen molar-refractivity contribution in [3.63, 3.8) is 0 Å². The number of hydrogen-bond acceptors (Lipinski definition) is 2. The molecule has 0 heterocycles. The lowest BCUT2D eigenvalue weighted by molar-refractivity contribution is 0.150. The second kappa shape index (κ2) is 4.27. The molecule has 2 rings (SSSR count). The fraction of sp³-hybridized carbons (Fsp3) is 0.625. The predicted molar refractivity (Wildman–Crippen MR) is 74.3 cm³/mol. The Hall–Kier alpha value is -1.02. The molecule has 0 aliphatic heterocycles. The average molecular weight is 248 g/mol. The molecule has 0 saturated heterocycles. The van der Waals surface area contributed by atoms with Gasteiger partial charge in [-0.3, -0.25) is 0 Å². The minimum Gasteiger partial charge on any atom is -0.496 e. The van der Waals surface area contributed by atoms with Gasteiger partial charge >= 0.3 is 0 Å². The fourth-order valence-corrected chi connectivity index (χ4v) is 2.45. The number of ether oxygens (including phenoxy) is 1. The summed E-state index contributed by atoms with van der Waals surface area (Å²) < 4.78 is 5.62. The zero-order valence-corrected chi connectivity index (χ0v) is 12.1. The van der Waals surface area contributed by atoms with E-state index in [9.17, 15) is 5.11 Å². The van der Waals surface area contributed by atoms with Crippen molar-refractivity contribution in [2.75, 3.05) is 7.11 Å². The summed E-state index contributed by atoms with van der Waals surface area (Å²) in [4.78, 5) is 0. The van der Waals surface area contributed by atoms with Crippen LogP contribution >= 0.6 is 0 Å². The highest BCUT2D eigenvalue weighted by Gasteiger charge is 2.41. The van der Waals surface area contributed by atoms with Crippen molar-refractivity contribution in [1.29, 1.82) is 0 Å². The third-order valence-corrected chi connectivity index (χ3v) is 3.67. The van der Waals surface area contributed by atoms with Gasteiger partial charge in [0.2, 0.25) is 0 Å². The average Bonchev–Trinajstić information content (AvgIpc) is 2.94. The highest BCUT2D eigenvalue weighted by Crippen LogP contribution is 2.43. The number of rotatable bonds is 3. The number of methoxy groups -OCH3 is 1. The Morgan fingerprint density at radius 1 is 1.28 bits per heavy atom. The van der Waals surface area contributed by atoms with Crippen LogP contribution in [0.5, 0.6) is 5.75 Å². The van der Waals surface area contributed by atoms with E-state index in [1.807, 2.05) is 0 Å². The quantitative estimate of drug-likeness (QED) is 0.888. The molecule has 18 heavy (non-hydrogen) atoms. The van der Waals surface area contributed by atoms with Gasteiger partial charge in [-0.05, 0) is 30.7 Å². The molecule has 2 nitrogen and oxygen atoms in total. The molecule has 0 amide bonds. The van der Waals surface area contributed by atoms with Gasteiger partial charge in [0.1, 0.15) is 5.75 Å². The van der Waals surface area contributed by atoms with Gasteiger partial charge < -0.3 is 9.84 Å². The highest BCUT2D eigenvalue weighted by molar-refractivity contribution is 5.48. The Bertz CT molecular complexity index is 451. The van der Waals surface area contributed by atoms with Crippen LogP contribution in [0, 0.1) is 6.92 Å². The minimum absolute atomic E-state index is 0.0539. The van der Waals surface area contributed by atoms with Crippen molar-refractivity contribution in [1.82, 2.24) is 0 Å². The lowest BCUT2D eigenvalue weighted by atomic mass is 9.83. The van der Waals surface area contributed by atoms with Gasteiger partial charge in [-0.1, -0.05) is 38.5 Å². The zero-order valence-electron chi connectivity index (χ0n) is 12.1. The standard InChI is InChI=1S/C16H24O2/c1-11-8-12(10-16(17)6-7-16)14(18-5)13(9-11)15(2,3)4/h8-9,17H,6-7,10H2,1-5H3. The second-order valence-corrected chi connectivity index (χ2v) is 6.66. The maximum Gasteiger partial charge on any atom is 0.125 e. The SMILES string of the molecule is COc1c(CC2(O)CC2)cc(C)cc1C(C)(C)C. The van der Waals surface area contributed by atoms with Crippen molar-refractivity contribution in [3.05, 3.63) is 28.8 Å². The summed E-state index contributed by atoms with van der Waals surface area (Å²) in [6, 6.07) is 4.34. The summed E-state index contributed by atoms with van der Waals surface area (Å²) in [7, 11) is 1.72. The van der Waals surface area contributed by atoms with Crippen LogP contribution in [-0.2, 0) is 11.8 Å². The molecule has 1 fully saturated rings. The van der Waals surface area contributed by atoms with E-state index in [0.717, 1.165) is 24.2 Å². The van der Waals surface area contributed by atoms with Crippen LogP contribution in [-0.4, -0.2) is 17.8 Å². The van der Waals surface area contributed by atoms with Crippen LogP contribution in [0.1, 0.15) is 50.3 Å². The van der Waals surface area contributed by atoms with Crippen molar-refractivity contribution >= 4 is 0 Å². The largest absolute Gasteiger partial charge is 0.496 e. The summed E-state index contributed by atoms with van der Waals surface area (Å²) in [6.07, 6.45) is 2.53. The first kappa shape index (κ1) is 13.4. The van der Waals surface area contributed by atoms with Gasteiger partial charge in [-0.25, -0.2) is 0 Å². The summed E-state index contributed by atoms with van der Waals surface area (Å²) in [5.74, 6) is 0.952. The molecule has 2 heteroatoms. The normalized spacial score (nSPS) is 17.7. The van der Waals surface area contributed by atoms with E-state index in [1.54, 1.807) is 7.11 Å². The van der Waals surface area contributed by atoms with E-state index in [-0.39, 0.29) is 5.41 Å². The van der Waals surface area contributed by atoms with Crippen molar-refractivity contribution < 1.29 is 9.84 Å². The van der Waals surface area contributed by atoms with Crippen LogP contribution in [0.25, 0.3) is 0 Å². The van der Waals surface area contributed by atoms with Gasteiger partial charge in [-0.15, -0.1) is 0 Å². The third-order valence-electron chi connectivity index (χ3n) is 3.67. The van der Waals surface area contributed by atoms with Crippen LogP contribution in [0.4, 0.5) is 0 Å². The summed E-state index contributed by atoms with van der Waals surface area (Å²) in [6.45, 7) is 8.69. The number of benzene rings is 1. The number of aryl methyl sites for hydroxylation is 1. The van der Waals surface area contributed by atoms with Gasteiger partial charge in [0.05, 0.1) is 12.7 Å². The van der Waals surface area contributed by atoms with E-state index in [1.165, 1.54) is 11.1 Å². The maximum absolute atomic E-state index is 10.1. The highest BCUT2D eigenvalue weighted by atomic mass is 16.5. The molecule has 0 aromatic heterocycles. The molecule has 1 N–H and O–H groups in total. The number of aliphatic hydroxyl groups is 1. The first-order chi connectivity index (χ1) is 8.25. The summed E-state index contributed by atoms with van der Waals surface area (Å²) >= 11 is 0. The van der Waals surface area contributed by atoms with Gasteiger partial charge in [0.25, 0.3) is 0 Å². The zero-order chi connectivity index (χ0) is 13.6. The molecule has 1 aromatic rings. The van der Waals surface area contributed by atoms with Crippen molar-refractivity contribution in [3.8, 4) is 5.75 Å². The van der Waals surface area contributed by atoms with Gasteiger partial charge in [-0.2, -0.15) is 0 Å². The van der Waals surface area contributed by atoms with E-state index < -0.39 is 5.60 Å². The van der Waals surface area contributed by atoms with Crippen LogP contribution in [0.15, 0.2) is 12.1 Å². The second-order valence-electron chi connectivity index (χ2n) is 6.66. The molecule has 0 bridgehead atoms. The van der Waals surface area contributed by atoms with E-state index in [2.05, 4.69) is 39.8 Å². The molecule has 0 atom stereocenters. The lowest BCUT2D eigenvalue weighted by Crippen LogP contribution is -2.17. The molecule has 1 aromatic carbocycles. The molecule has 100 valence electrons. The predicted octanol–water partition coefficient (Wildman–Crippen LogP) is 3.37. The molecule has 1 aliphatic rings. The monoisotopic (exact) mass is 248 g/mol. The molecular formula is C16H24O2. The van der Waals surface area contributed by atoms with E-state index in [4.69, 9.17) is 4.74 Å². The van der Waals surface area contributed by atoms with Crippen LogP contribution < -0.4 is 4.74 Å². The van der Waals surface area contributed by atoms with E-state index in [0.29, 0.717) is 6.42 Å². The maximum atomic E-state index is 10.1. The molecule has 0 unspecified atom stereocenters. The molecular weight excluding hydrogens is 224 g/mol. The van der Waals surface area contributed by atoms with Gasteiger partial charge in [0, 0.05) is 12.0 Å². The minimum atomic E-state index is -0.476. The van der Waals surface area contributed by atoms with Gasteiger partial charge in [0.15, 0.2) is 0 Å². The Balaban J connectivity index is 2.47. The van der Waals surface area contributed by atoms with Crippen molar-refractivity contribution in [2.45, 2.75) is 58.0 Å². The first-order valence-corrected chi connectivity index (χ1v) is 6.65. The molecule has 0 radical (unpaired) electrons. The summed E-state index contributed by atoms with van der Waals surface area (Å²) in [5.41, 5.74) is 3.18. The Morgan fingerprint density at radius 2 is 1.89 bits per heavy atom. The van der Waals surface area contributed by atoms with Crippen LogP contribution in [0.3, 0.4) is 0 Å². The summed E-state index contributed by atoms with van der Waals surface area (Å²) in [5, 5.41) is 10.1. The topological polar surface area (TPSA) is 29.5 Å². The lowest BCUT2D eigenvalue weighted by Gasteiger charge is -2.25. The molecule has 1 saturated carbocycles. The third kappa shape index (κ3) is 2.69. The van der Waals surface area contributed by atoms with E-state index >= 15 is 0 Å². The first-order valence-electron chi connectivity index (χ1n) is 6.65. The van der Waals surface area contributed by atoms with Crippen molar-refractivity contribution in [2.24, 2.45) is 0 Å². The smallest absolute Gasteiger partial charge is 0.125 e. The Kier molecular flexibility index (Phi) is 3.18. The molecule has 1 aliphatic carbocycles. The molecule has 0 spiro atoms. The number of hydrogen-bond donors (Lipinski definition) is 1.